The molecule has 0 aromatic carbocycles. The Morgan fingerprint density at radius 1 is 0.778 bits per heavy atom. The molecule has 0 saturated carbocycles. The van der Waals surface area contributed by atoms with Gasteiger partial charge < -0.3 is 9.80 Å². The number of rotatable bonds is 12. The average Bonchev–Trinajstić information content (AvgIpc) is 2.27. The van der Waals surface area contributed by atoms with Gasteiger partial charge in [0.15, 0.2) is 0 Å². The van der Waals surface area contributed by atoms with Crippen LogP contribution in [0.3, 0.4) is 0 Å². The van der Waals surface area contributed by atoms with E-state index in [1.54, 1.807) is 0 Å². The van der Waals surface area contributed by atoms with Crippen LogP contribution >= 0.6 is 8.25 Å². The molecule has 0 aromatic rings. The Labute approximate surface area is 112 Å². The predicted octanol–water partition coefficient (Wildman–Crippen LogP) is 2.36. The van der Waals surface area contributed by atoms with Gasteiger partial charge in [-0.15, -0.1) is 9.05 Å². The van der Waals surface area contributed by atoms with Crippen LogP contribution in [0.5, 0.6) is 0 Å². The SMILES string of the molecule is CN(C)CCCCO[P+](=O)OCCCCN(C)C. The summed E-state index contributed by atoms with van der Waals surface area (Å²) in [5.41, 5.74) is 0. The lowest BCUT2D eigenvalue weighted by Crippen LogP contribution is -2.13. The standard InChI is InChI=1S/C12H28N2O3P/c1-13(2)9-5-7-11-16-18(15)17-12-8-6-10-14(3)4/h5-12H2,1-4H3/q+1. The maximum Gasteiger partial charge on any atom is 0.697 e. The summed E-state index contributed by atoms with van der Waals surface area (Å²) in [6.45, 7) is 3.10. The summed E-state index contributed by atoms with van der Waals surface area (Å²) in [6, 6.07) is 0. The molecule has 108 valence electrons. The largest absolute Gasteiger partial charge is 0.697 e. The first-order valence-electron chi connectivity index (χ1n) is 6.55. The first-order chi connectivity index (χ1) is 8.52. The zero-order valence-corrected chi connectivity index (χ0v) is 13.1. The van der Waals surface area contributed by atoms with E-state index >= 15 is 0 Å². The lowest BCUT2D eigenvalue weighted by atomic mass is 10.3. The van der Waals surface area contributed by atoms with E-state index in [2.05, 4.69) is 9.80 Å². The quantitative estimate of drug-likeness (QED) is 0.405. The normalized spacial score (nSPS) is 11.4. The van der Waals surface area contributed by atoms with E-state index in [-0.39, 0.29) is 0 Å². The van der Waals surface area contributed by atoms with Gasteiger partial charge in [-0.2, -0.15) is 0 Å². The van der Waals surface area contributed by atoms with Crippen LogP contribution in [-0.2, 0) is 13.6 Å². The van der Waals surface area contributed by atoms with E-state index in [0.717, 1.165) is 38.8 Å². The molecule has 0 radical (unpaired) electrons. The molecule has 0 unspecified atom stereocenters. The van der Waals surface area contributed by atoms with Crippen molar-refractivity contribution in [3.8, 4) is 0 Å². The number of nitrogens with zero attached hydrogens (tertiary/aromatic N) is 2. The second-order valence-corrected chi connectivity index (χ2v) is 5.87. The Hall–Kier alpha value is -0.0600. The van der Waals surface area contributed by atoms with Crippen molar-refractivity contribution in [2.24, 2.45) is 0 Å². The van der Waals surface area contributed by atoms with Crippen LogP contribution in [0.1, 0.15) is 25.7 Å². The van der Waals surface area contributed by atoms with Gasteiger partial charge in [-0.1, -0.05) is 0 Å². The van der Waals surface area contributed by atoms with Gasteiger partial charge in [0, 0.05) is 4.57 Å². The minimum Gasteiger partial charge on any atom is -0.309 e. The molecule has 0 N–H and O–H groups in total. The van der Waals surface area contributed by atoms with Crippen molar-refractivity contribution in [2.75, 3.05) is 54.5 Å². The first kappa shape index (κ1) is 17.9. The summed E-state index contributed by atoms with van der Waals surface area (Å²) in [5.74, 6) is 0. The highest BCUT2D eigenvalue weighted by atomic mass is 31.1. The Morgan fingerprint density at radius 2 is 1.17 bits per heavy atom. The smallest absolute Gasteiger partial charge is 0.309 e. The van der Waals surface area contributed by atoms with Gasteiger partial charge in [0.05, 0.1) is 0 Å². The fraction of sp³-hybridized carbons (Fsp3) is 1.00. The van der Waals surface area contributed by atoms with Crippen LogP contribution in [0.4, 0.5) is 0 Å². The minimum absolute atomic E-state index is 0.515. The zero-order chi connectivity index (χ0) is 13.8. The van der Waals surface area contributed by atoms with Gasteiger partial charge in [-0.25, -0.2) is 0 Å². The lowest BCUT2D eigenvalue weighted by Gasteiger charge is -2.07. The van der Waals surface area contributed by atoms with Crippen molar-refractivity contribution in [1.29, 1.82) is 0 Å². The Balaban J connectivity index is 3.22. The van der Waals surface area contributed by atoms with Crippen LogP contribution < -0.4 is 0 Å². The Bertz CT molecular complexity index is 193. The van der Waals surface area contributed by atoms with Gasteiger partial charge in [-0.05, 0) is 67.0 Å². The maximum atomic E-state index is 11.3. The molecule has 0 atom stereocenters. The molecular weight excluding hydrogens is 251 g/mol. The van der Waals surface area contributed by atoms with Gasteiger partial charge in [0.25, 0.3) is 0 Å². The van der Waals surface area contributed by atoms with Gasteiger partial charge in [-0.3, -0.25) is 0 Å². The summed E-state index contributed by atoms with van der Waals surface area (Å²) >= 11 is 0. The molecule has 0 amide bonds. The van der Waals surface area contributed by atoms with Gasteiger partial charge in [0.2, 0.25) is 0 Å². The predicted molar refractivity (Wildman–Crippen MR) is 75.1 cm³/mol. The molecule has 0 aliphatic heterocycles. The molecule has 5 nitrogen and oxygen atoms in total. The number of unbranched alkanes of at least 4 members (excludes halogenated alkanes) is 2. The summed E-state index contributed by atoms with van der Waals surface area (Å²) in [6.07, 6.45) is 3.95. The third-order valence-electron chi connectivity index (χ3n) is 2.39. The molecule has 0 bridgehead atoms. The molecule has 0 rings (SSSR count). The topological polar surface area (TPSA) is 42.0 Å². The van der Waals surface area contributed by atoms with Gasteiger partial charge in [0.1, 0.15) is 13.2 Å². The van der Waals surface area contributed by atoms with Crippen molar-refractivity contribution in [3.05, 3.63) is 0 Å². The fourth-order valence-electron chi connectivity index (χ4n) is 1.38. The van der Waals surface area contributed by atoms with E-state index in [4.69, 9.17) is 9.05 Å². The Morgan fingerprint density at radius 3 is 1.50 bits per heavy atom. The number of hydrogen-bond acceptors (Lipinski definition) is 5. The molecule has 18 heavy (non-hydrogen) atoms. The molecule has 0 aliphatic rings. The van der Waals surface area contributed by atoms with E-state index in [1.807, 2.05) is 28.2 Å². The van der Waals surface area contributed by atoms with Crippen LogP contribution in [-0.4, -0.2) is 64.3 Å². The number of hydrogen-bond donors (Lipinski definition) is 0. The van der Waals surface area contributed by atoms with E-state index < -0.39 is 8.25 Å². The summed E-state index contributed by atoms with van der Waals surface area (Å²) in [7, 11) is 6.24. The van der Waals surface area contributed by atoms with Crippen LogP contribution in [0.2, 0.25) is 0 Å². The molecular formula is C12H28N2O3P+. The van der Waals surface area contributed by atoms with Crippen molar-refractivity contribution >= 4 is 8.25 Å². The van der Waals surface area contributed by atoms with Crippen molar-refractivity contribution in [3.63, 3.8) is 0 Å². The van der Waals surface area contributed by atoms with Crippen molar-refractivity contribution in [2.45, 2.75) is 25.7 Å². The van der Waals surface area contributed by atoms with Crippen molar-refractivity contribution < 1.29 is 13.6 Å². The van der Waals surface area contributed by atoms with Crippen molar-refractivity contribution in [1.82, 2.24) is 9.80 Å². The monoisotopic (exact) mass is 279 g/mol. The molecule has 0 aromatic heterocycles. The molecule has 0 aliphatic carbocycles. The van der Waals surface area contributed by atoms with E-state index in [1.165, 1.54) is 0 Å². The molecule has 0 heterocycles. The van der Waals surface area contributed by atoms with Crippen LogP contribution in [0.15, 0.2) is 0 Å². The van der Waals surface area contributed by atoms with Gasteiger partial charge >= 0.3 is 8.25 Å². The average molecular weight is 279 g/mol. The Kier molecular flexibility index (Phi) is 12.0. The molecule has 0 fully saturated rings. The fourth-order valence-corrected chi connectivity index (χ4v) is 2.01. The zero-order valence-electron chi connectivity index (χ0n) is 12.2. The highest BCUT2D eigenvalue weighted by Crippen LogP contribution is 2.24. The lowest BCUT2D eigenvalue weighted by molar-refractivity contribution is 0.215. The third-order valence-corrected chi connectivity index (χ3v) is 3.18. The summed E-state index contributed by atoms with van der Waals surface area (Å²) in [4.78, 5) is 4.25. The molecule has 0 spiro atoms. The van der Waals surface area contributed by atoms with Crippen LogP contribution in [0, 0.1) is 0 Å². The second kappa shape index (κ2) is 12.0. The summed E-state index contributed by atoms with van der Waals surface area (Å²) in [5, 5.41) is 0. The molecule has 6 heteroatoms. The minimum atomic E-state index is -1.92. The van der Waals surface area contributed by atoms with E-state index in [9.17, 15) is 4.57 Å². The molecule has 0 saturated heterocycles. The third kappa shape index (κ3) is 14.0. The van der Waals surface area contributed by atoms with E-state index in [0.29, 0.717) is 13.2 Å². The first-order valence-corrected chi connectivity index (χ1v) is 7.64. The summed E-state index contributed by atoms with van der Waals surface area (Å²) < 4.78 is 21.5. The van der Waals surface area contributed by atoms with Crippen LogP contribution in [0.25, 0.3) is 0 Å². The highest BCUT2D eigenvalue weighted by Gasteiger charge is 2.18. The highest BCUT2D eigenvalue weighted by molar-refractivity contribution is 7.33. The maximum absolute atomic E-state index is 11.3. The second-order valence-electron chi connectivity index (χ2n) is 4.91.